The Balaban J connectivity index is 2.19. The van der Waals surface area contributed by atoms with Gasteiger partial charge in [0.05, 0.1) is 11.7 Å². The molecule has 1 unspecified atom stereocenters. The maximum absolute atomic E-state index is 12.6. The Morgan fingerprint density at radius 1 is 1.48 bits per heavy atom. The molecule has 0 radical (unpaired) electrons. The molecule has 114 valence electrons. The van der Waals surface area contributed by atoms with Crippen molar-refractivity contribution in [1.29, 1.82) is 0 Å². The third-order valence-corrected chi connectivity index (χ3v) is 4.41. The summed E-state index contributed by atoms with van der Waals surface area (Å²) in [5, 5.41) is 5.18. The predicted octanol–water partition coefficient (Wildman–Crippen LogP) is 3.98. The Kier molecular flexibility index (Phi) is 5.07. The van der Waals surface area contributed by atoms with E-state index in [2.05, 4.69) is 18.3 Å². The van der Waals surface area contributed by atoms with Crippen molar-refractivity contribution in [1.82, 2.24) is 9.88 Å². The minimum Gasteiger partial charge on any atom is -0.397 e. The molecular formula is C16H23N3OS. The first-order valence-electron chi connectivity index (χ1n) is 7.34. The van der Waals surface area contributed by atoms with Gasteiger partial charge in [-0.25, -0.2) is 0 Å². The zero-order valence-electron chi connectivity index (χ0n) is 12.8. The summed E-state index contributed by atoms with van der Waals surface area (Å²) in [6.07, 6.45) is 3.78. The highest BCUT2D eigenvalue weighted by atomic mass is 32.1. The molecule has 0 aliphatic rings. The van der Waals surface area contributed by atoms with Gasteiger partial charge in [-0.3, -0.25) is 4.79 Å². The Labute approximate surface area is 130 Å². The lowest BCUT2D eigenvalue weighted by Crippen LogP contribution is -2.30. The minimum absolute atomic E-state index is 0.0627. The predicted molar refractivity (Wildman–Crippen MR) is 88.7 cm³/mol. The van der Waals surface area contributed by atoms with E-state index >= 15 is 0 Å². The Hall–Kier alpha value is -1.75. The average molecular weight is 305 g/mol. The Morgan fingerprint density at radius 3 is 2.81 bits per heavy atom. The molecule has 0 aromatic carbocycles. The van der Waals surface area contributed by atoms with E-state index in [4.69, 9.17) is 5.73 Å². The molecule has 2 heterocycles. The van der Waals surface area contributed by atoms with Gasteiger partial charge in [-0.1, -0.05) is 19.4 Å². The second-order valence-corrected chi connectivity index (χ2v) is 6.47. The zero-order valence-corrected chi connectivity index (χ0v) is 13.6. The number of hydrogen-bond acceptors (Lipinski definition) is 3. The molecule has 4 nitrogen and oxygen atoms in total. The van der Waals surface area contributed by atoms with Gasteiger partial charge >= 0.3 is 0 Å². The molecule has 0 saturated heterocycles. The van der Waals surface area contributed by atoms with Gasteiger partial charge < -0.3 is 15.6 Å². The number of carbonyl (C=O) groups excluding carboxylic acids is 1. The number of aromatic nitrogens is 1. The average Bonchev–Trinajstić information content (AvgIpc) is 3.06. The molecule has 1 amide bonds. The van der Waals surface area contributed by atoms with Crippen molar-refractivity contribution >= 4 is 22.9 Å². The normalized spacial score (nSPS) is 12.6. The van der Waals surface area contributed by atoms with Crippen molar-refractivity contribution in [2.75, 3.05) is 5.73 Å². The Morgan fingerprint density at radius 2 is 2.24 bits per heavy atom. The molecule has 0 fully saturated rings. The molecule has 2 aromatic heterocycles. The molecule has 21 heavy (non-hydrogen) atoms. The summed E-state index contributed by atoms with van der Waals surface area (Å²) in [5.41, 5.74) is 7.09. The van der Waals surface area contributed by atoms with E-state index in [0.717, 1.165) is 12.8 Å². The largest absolute Gasteiger partial charge is 0.397 e. The van der Waals surface area contributed by atoms with Gasteiger partial charge in [-0.2, -0.15) is 0 Å². The number of rotatable bonds is 6. The minimum atomic E-state index is -0.0627. The van der Waals surface area contributed by atoms with E-state index in [1.807, 2.05) is 36.1 Å². The lowest BCUT2D eigenvalue weighted by molar-refractivity contribution is 0.0924. The van der Waals surface area contributed by atoms with Crippen LogP contribution in [0.3, 0.4) is 0 Å². The van der Waals surface area contributed by atoms with E-state index in [0.29, 0.717) is 11.4 Å². The van der Waals surface area contributed by atoms with Gasteiger partial charge in [0.1, 0.15) is 5.69 Å². The van der Waals surface area contributed by atoms with Crippen LogP contribution in [0.15, 0.2) is 29.8 Å². The first-order chi connectivity index (χ1) is 10.0. The molecule has 2 rings (SSSR count). The lowest BCUT2D eigenvalue weighted by Gasteiger charge is -2.18. The highest BCUT2D eigenvalue weighted by Crippen LogP contribution is 2.24. The third kappa shape index (κ3) is 3.67. The fraction of sp³-hybridized carbons (Fsp3) is 0.438. The molecule has 0 spiro atoms. The second kappa shape index (κ2) is 6.80. The zero-order chi connectivity index (χ0) is 15.4. The van der Waals surface area contributed by atoms with Crippen LogP contribution in [0.5, 0.6) is 0 Å². The van der Waals surface area contributed by atoms with Gasteiger partial charge in [0, 0.05) is 17.1 Å². The fourth-order valence-electron chi connectivity index (χ4n) is 2.41. The standard InChI is InChI=1S/C16H23N3OS/c1-4-6-13(15-7-5-8-21-15)18-16(20)14-9-12(17)10-19(14)11(2)3/h5,7-11,13H,4,6,17H2,1-3H3,(H,18,20). The number of nitrogens with two attached hydrogens (primary N) is 1. The SMILES string of the molecule is CCCC(NC(=O)c1cc(N)cn1C(C)C)c1cccs1. The molecule has 0 aliphatic carbocycles. The summed E-state index contributed by atoms with van der Waals surface area (Å²) >= 11 is 1.68. The monoisotopic (exact) mass is 305 g/mol. The molecule has 0 saturated carbocycles. The summed E-state index contributed by atoms with van der Waals surface area (Å²) in [5.74, 6) is -0.0627. The number of nitrogen functional groups attached to an aromatic ring is 1. The van der Waals surface area contributed by atoms with Crippen LogP contribution in [-0.4, -0.2) is 10.5 Å². The van der Waals surface area contributed by atoms with Gasteiger partial charge in [-0.05, 0) is 37.8 Å². The maximum Gasteiger partial charge on any atom is 0.268 e. The quantitative estimate of drug-likeness (QED) is 0.848. The highest BCUT2D eigenvalue weighted by molar-refractivity contribution is 7.10. The van der Waals surface area contributed by atoms with Crippen molar-refractivity contribution < 1.29 is 4.79 Å². The van der Waals surface area contributed by atoms with Gasteiger partial charge in [-0.15, -0.1) is 11.3 Å². The summed E-state index contributed by atoms with van der Waals surface area (Å²) in [7, 11) is 0. The molecule has 1 atom stereocenters. The van der Waals surface area contributed by atoms with Crippen molar-refractivity contribution in [2.24, 2.45) is 0 Å². The highest BCUT2D eigenvalue weighted by Gasteiger charge is 2.19. The summed E-state index contributed by atoms with van der Waals surface area (Å²) in [6, 6.07) is 6.10. The maximum atomic E-state index is 12.6. The third-order valence-electron chi connectivity index (χ3n) is 3.43. The van der Waals surface area contributed by atoms with E-state index in [1.54, 1.807) is 17.4 Å². The van der Waals surface area contributed by atoms with Crippen LogP contribution in [0.4, 0.5) is 5.69 Å². The van der Waals surface area contributed by atoms with E-state index in [-0.39, 0.29) is 18.0 Å². The number of nitrogens with zero attached hydrogens (tertiary/aromatic N) is 1. The van der Waals surface area contributed by atoms with E-state index in [1.165, 1.54) is 4.88 Å². The number of hydrogen-bond donors (Lipinski definition) is 2. The van der Waals surface area contributed by atoms with Crippen LogP contribution in [0.2, 0.25) is 0 Å². The fourth-order valence-corrected chi connectivity index (χ4v) is 3.22. The van der Waals surface area contributed by atoms with Crippen LogP contribution < -0.4 is 11.1 Å². The van der Waals surface area contributed by atoms with Crippen molar-refractivity contribution in [3.63, 3.8) is 0 Å². The first kappa shape index (κ1) is 15.6. The van der Waals surface area contributed by atoms with Gasteiger partial charge in [0.25, 0.3) is 5.91 Å². The van der Waals surface area contributed by atoms with Gasteiger partial charge in [0.15, 0.2) is 0 Å². The number of thiophene rings is 1. The van der Waals surface area contributed by atoms with Gasteiger partial charge in [0.2, 0.25) is 0 Å². The lowest BCUT2D eigenvalue weighted by atomic mass is 10.1. The van der Waals surface area contributed by atoms with Crippen molar-refractivity contribution in [3.8, 4) is 0 Å². The molecular weight excluding hydrogens is 282 g/mol. The summed E-state index contributed by atoms with van der Waals surface area (Å²) < 4.78 is 1.92. The van der Waals surface area contributed by atoms with E-state index < -0.39 is 0 Å². The second-order valence-electron chi connectivity index (χ2n) is 5.49. The van der Waals surface area contributed by atoms with Crippen LogP contribution in [-0.2, 0) is 0 Å². The number of anilines is 1. The van der Waals surface area contributed by atoms with Crippen LogP contribution in [0, 0.1) is 0 Å². The van der Waals surface area contributed by atoms with Crippen LogP contribution >= 0.6 is 11.3 Å². The van der Waals surface area contributed by atoms with Crippen LogP contribution in [0.25, 0.3) is 0 Å². The topological polar surface area (TPSA) is 60.1 Å². The van der Waals surface area contributed by atoms with Crippen molar-refractivity contribution in [3.05, 3.63) is 40.3 Å². The number of amides is 1. The smallest absolute Gasteiger partial charge is 0.268 e. The molecule has 3 N–H and O–H groups in total. The summed E-state index contributed by atoms with van der Waals surface area (Å²) in [4.78, 5) is 13.8. The Bertz CT molecular complexity index is 587. The molecule has 0 aliphatic heterocycles. The number of nitrogens with one attached hydrogen (secondary N) is 1. The molecule has 0 bridgehead atoms. The first-order valence-corrected chi connectivity index (χ1v) is 8.22. The van der Waals surface area contributed by atoms with Crippen LogP contribution in [0.1, 0.15) is 61.1 Å². The number of carbonyl (C=O) groups is 1. The van der Waals surface area contributed by atoms with E-state index in [9.17, 15) is 4.79 Å². The summed E-state index contributed by atoms with van der Waals surface area (Å²) in [6.45, 7) is 6.21. The van der Waals surface area contributed by atoms with Crippen molar-refractivity contribution in [2.45, 2.75) is 45.7 Å². The molecule has 2 aromatic rings. The molecule has 5 heteroatoms.